The van der Waals surface area contributed by atoms with Crippen molar-refractivity contribution in [2.45, 2.75) is 12.8 Å². The number of hydrogen-bond acceptors (Lipinski definition) is 4. The van der Waals surface area contributed by atoms with Crippen molar-refractivity contribution in [1.29, 1.82) is 0 Å². The van der Waals surface area contributed by atoms with E-state index in [-0.39, 0.29) is 0 Å². The Bertz CT molecular complexity index is 372. The predicted molar refractivity (Wildman–Crippen MR) is 63.8 cm³/mol. The number of aromatic nitrogens is 1. The van der Waals surface area contributed by atoms with Crippen LogP contribution in [0.15, 0.2) is 18.3 Å². The molecule has 17 heavy (non-hydrogen) atoms. The third kappa shape index (κ3) is 3.42. The highest BCUT2D eigenvalue weighted by atomic mass is 16.5. The van der Waals surface area contributed by atoms with Crippen LogP contribution in [0.3, 0.4) is 0 Å². The molecule has 2 heterocycles. The van der Waals surface area contributed by atoms with Crippen molar-refractivity contribution < 1.29 is 9.53 Å². The zero-order valence-corrected chi connectivity index (χ0v) is 9.69. The van der Waals surface area contributed by atoms with E-state index in [2.05, 4.69) is 10.3 Å². The highest BCUT2D eigenvalue weighted by Crippen LogP contribution is 2.13. The average Bonchev–Trinajstić information content (AvgIpc) is 2.83. The number of carbonyl (C=O) groups excluding carboxylic acids is 1. The lowest BCUT2D eigenvalue weighted by Gasteiger charge is -2.09. The van der Waals surface area contributed by atoms with Crippen LogP contribution in [0, 0.1) is 5.92 Å². The van der Waals surface area contributed by atoms with Gasteiger partial charge in [0.15, 0.2) is 0 Å². The zero-order valence-electron chi connectivity index (χ0n) is 9.69. The minimum absolute atomic E-state index is 0.400. The van der Waals surface area contributed by atoms with Gasteiger partial charge in [0.25, 0.3) is 0 Å². The Kier molecular flexibility index (Phi) is 3.93. The molecule has 1 aromatic heterocycles. The molecule has 92 valence electrons. The normalized spacial score (nSPS) is 19.2. The van der Waals surface area contributed by atoms with Crippen LogP contribution in [-0.4, -0.2) is 30.6 Å². The molecule has 1 atom stereocenters. The first-order valence-electron chi connectivity index (χ1n) is 5.85. The molecule has 0 aliphatic carbocycles. The fraction of sp³-hybridized carbons (Fsp3) is 0.500. The average molecular weight is 235 g/mol. The number of rotatable bonds is 5. The molecule has 1 saturated heterocycles. The maximum Gasteiger partial charge on any atom is 0.250 e. The van der Waals surface area contributed by atoms with E-state index in [4.69, 9.17) is 10.5 Å². The van der Waals surface area contributed by atoms with Crippen LogP contribution < -0.4 is 15.8 Å². The van der Waals surface area contributed by atoms with Gasteiger partial charge in [-0.3, -0.25) is 4.79 Å². The number of carbonyl (C=O) groups is 1. The van der Waals surface area contributed by atoms with Crippen molar-refractivity contribution in [3.8, 4) is 5.88 Å². The van der Waals surface area contributed by atoms with E-state index < -0.39 is 5.91 Å². The lowest BCUT2D eigenvalue weighted by molar-refractivity contribution is 0.1000. The van der Waals surface area contributed by atoms with Crippen LogP contribution in [-0.2, 0) is 0 Å². The van der Waals surface area contributed by atoms with Gasteiger partial charge in [0, 0.05) is 12.3 Å². The Balaban J connectivity index is 1.76. The summed E-state index contributed by atoms with van der Waals surface area (Å²) in [7, 11) is 0. The molecule has 0 saturated carbocycles. The number of amides is 1. The van der Waals surface area contributed by atoms with E-state index in [1.807, 2.05) is 0 Å². The first kappa shape index (κ1) is 11.9. The molecule has 5 heteroatoms. The Morgan fingerprint density at radius 2 is 2.47 bits per heavy atom. The molecule has 1 amide bonds. The number of ether oxygens (including phenoxy) is 1. The Morgan fingerprint density at radius 1 is 1.59 bits per heavy atom. The lowest BCUT2D eigenvalue weighted by atomic mass is 10.1. The van der Waals surface area contributed by atoms with Gasteiger partial charge in [0.1, 0.15) is 0 Å². The zero-order chi connectivity index (χ0) is 12.1. The van der Waals surface area contributed by atoms with Crippen molar-refractivity contribution in [2.24, 2.45) is 11.7 Å². The fourth-order valence-corrected chi connectivity index (χ4v) is 1.90. The first-order chi connectivity index (χ1) is 8.25. The number of pyridine rings is 1. The van der Waals surface area contributed by atoms with Crippen LogP contribution in [0.2, 0.25) is 0 Å². The van der Waals surface area contributed by atoms with E-state index >= 15 is 0 Å². The second kappa shape index (κ2) is 5.63. The summed E-state index contributed by atoms with van der Waals surface area (Å²) in [6, 6.07) is 3.30. The molecule has 1 aromatic rings. The smallest absolute Gasteiger partial charge is 0.250 e. The van der Waals surface area contributed by atoms with Gasteiger partial charge in [-0.05, 0) is 37.9 Å². The Morgan fingerprint density at radius 3 is 3.06 bits per heavy atom. The fourth-order valence-electron chi connectivity index (χ4n) is 1.90. The summed E-state index contributed by atoms with van der Waals surface area (Å²) in [5, 5.41) is 3.32. The van der Waals surface area contributed by atoms with Gasteiger partial charge in [-0.1, -0.05) is 0 Å². The van der Waals surface area contributed by atoms with E-state index in [0.717, 1.165) is 19.5 Å². The summed E-state index contributed by atoms with van der Waals surface area (Å²) in [6.07, 6.45) is 3.69. The van der Waals surface area contributed by atoms with Crippen molar-refractivity contribution in [3.05, 3.63) is 23.9 Å². The minimum atomic E-state index is -0.471. The standard InChI is InChI=1S/C12H17N3O2/c13-12(16)10-1-2-11(15-8-10)17-6-4-9-3-5-14-7-9/h1-2,8-9,14H,3-7H2,(H2,13,16). The largest absolute Gasteiger partial charge is 0.478 e. The maximum atomic E-state index is 10.8. The second-order valence-electron chi connectivity index (χ2n) is 4.25. The lowest BCUT2D eigenvalue weighted by Crippen LogP contribution is -2.13. The van der Waals surface area contributed by atoms with Crippen LogP contribution in [0.4, 0.5) is 0 Å². The number of nitrogens with two attached hydrogens (primary N) is 1. The highest BCUT2D eigenvalue weighted by molar-refractivity contribution is 5.92. The number of primary amides is 1. The molecule has 1 aliphatic rings. The number of hydrogen-bond donors (Lipinski definition) is 2. The summed E-state index contributed by atoms with van der Waals surface area (Å²) in [4.78, 5) is 14.9. The van der Waals surface area contributed by atoms with Crippen molar-refractivity contribution in [2.75, 3.05) is 19.7 Å². The molecule has 5 nitrogen and oxygen atoms in total. The van der Waals surface area contributed by atoms with E-state index in [0.29, 0.717) is 24.0 Å². The van der Waals surface area contributed by atoms with Crippen LogP contribution in [0.1, 0.15) is 23.2 Å². The summed E-state index contributed by atoms with van der Waals surface area (Å²) >= 11 is 0. The van der Waals surface area contributed by atoms with Crippen molar-refractivity contribution in [3.63, 3.8) is 0 Å². The molecule has 0 aromatic carbocycles. The summed E-state index contributed by atoms with van der Waals surface area (Å²) in [5.74, 6) is 0.780. The molecular weight excluding hydrogens is 218 g/mol. The minimum Gasteiger partial charge on any atom is -0.478 e. The molecule has 1 fully saturated rings. The second-order valence-corrected chi connectivity index (χ2v) is 4.25. The van der Waals surface area contributed by atoms with E-state index in [1.54, 1.807) is 12.1 Å². The van der Waals surface area contributed by atoms with E-state index in [1.165, 1.54) is 12.6 Å². The third-order valence-electron chi connectivity index (χ3n) is 2.96. The number of nitrogens with one attached hydrogen (secondary N) is 1. The topological polar surface area (TPSA) is 77.2 Å². The molecule has 0 bridgehead atoms. The Hall–Kier alpha value is -1.62. The van der Waals surface area contributed by atoms with Gasteiger partial charge in [-0.25, -0.2) is 4.98 Å². The van der Waals surface area contributed by atoms with Crippen molar-refractivity contribution >= 4 is 5.91 Å². The molecule has 1 aliphatic heterocycles. The molecule has 0 spiro atoms. The van der Waals surface area contributed by atoms with Gasteiger partial charge in [-0.15, -0.1) is 0 Å². The van der Waals surface area contributed by atoms with Gasteiger partial charge in [-0.2, -0.15) is 0 Å². The van der Waals surface area contributed by atoms with Gasteiger partial charge >= 0.3 is 0 Å². The van der Waals surface area contributed by atoms with Crippen LogP contribution in [0.5, 0.6) is 5.88 Å². The summed E-state index contributed by atoms with van der Waals surface area (Å²) in [6.45, 7) is 2.85. The quantitative estimate of drug-likeness (QED) is 0.781. The molecule has 3 N–H and O–H groups in total. The predicted octanol–water partition coefficient (Wildman–Crippen LogP) is 0.559. The van der Waals surface area contributed by atoms with Crippen LogP contribution in [0.25, 0.3) is 0 Å². The van der Waals surface area contributed by atoms with E-state index in [9.17, 15) is 4.79 Å². The first-order valence-corrected chi connectivity index (χ1v) is 5.85. The Labute approximate surface area is 100 Å². The number of nitrogens with zero attached hydrogens (tertiary/aromatic N) is 1. The molecule has 2 rings (SSSR count). The monoisotopic (exact) mass is 235 g/mol. The van der Waals surface area contributed by atoms with Gasteiger partial charge in [0.05, 0.1) is 12.2 Å². The molecule has 0 radical (unpaired) electrons. The van der Waals surface area contributed by atoms with Crippen molar-refractivity contribution in [1.82, 2.24) is 10.3 Å². The SMILES string of the molecule is NC(=O)c1ccc(OCCC2CCNC2)nc1. The summed E-state index contributed by atoms with van der Waals surface area (Å²) in [5.41, 5.74) is 5.52. The van der Waals surface area contributed by atoms with Gasteiger partial charge < -0.3 is 15.8 Å². The third-order valence-corrected chi connectivity index (χ3v) is 2.96. The van der Waals surface area contributed by atoms with Gasteiger partial charge in [0.2, 0.25) is 11.8 Å². The van der Waals surface area contributed by atoms with Crippen LogP contribution >= 0.6 is 0 Å². The summed E-state index contributed by atoms with van der Waals surface area (Å²) < 4.78 is 5.51. The molecular formula is C12H17N3O2. The molecule has 1 unspecified atom stereocenters. The maximum absolute atomic E-state index is 10.8. The highest BCUT2D eigenvalue weighted by Gasteiger charge is 2.14.